The van der Waals surface area contributed by atoms with Gasteiger partial charge in [-0.2, -0.15) is 0 Å². The fourth-order valence-corrected chi connectivity index (χ4v) is 3.49. The molecule has 1 aliphatic rings. The van der Waals surface area contributed by atoms with Gasteiger partial charge in [-0.05, 0) is 24.6 Å². The Morgan fingerprint density at radius 2 is 1.77 bits per heavy atom. The number of amides is 1. The van der Waals surface area contributed by atoms with Crippen LogP contribution < -0.4 is 4.74 Å². The molecule has 2 aromatic rings. The number of halogens is 1. The molecule has 1 amide bonds. The summed E-state index contributed by atoms with van der Waals surface area (Å²) in [5, 5.41) is 10.00. The third kappa shape index (κ3) is 3.83. The van der Waals surface area contributed by atoms with Crippen LogP contribution in [-0.4, -0.2) is 41.1 Å². The van der Waals surface area contributed by atoms with Crippen LogP contribution in [0.25, 0.3) is 0 Å². The molecule has 1 aliphatic heterocycles. The predicted molar refractivity (Wildman–Crippen MR) is 98.4 cm³/mol. The molecule has 0 bridgehead atoms. The van der Waals surface area contributed by atoms with Gasteiger partial charge in [0.15, 0.2) is 6.10 Å². The standard InChI is InChI=1S/C20H20ClNO4/c1-13(26-18-10-6-5-9-17(18)21)19(23)22-11-15(16(12-22)20(24)25)14-7-3-2-4-8-14/h2-10,13,15-16H,11-12H2,1H3,(H,24,25)/t13?,15-,16-/m0/s1. The minimum absolute atomic E-state index is 0.171. The molecule has 26 heavy (non-hydrogen) atoms. The minimum Gasteiger partial charge on any atom is -0.481 e. The lowest BCUT2D eigenvalue weighted by molar-refractivity contribution is -0.142. The van der Waals surface area contributed by atoms with E-state index in [1.54, 1.807) is 36.1 Å². The largest absolute Gasteiger partial charge is 0.481 e. The molecule has 1 saturated heterocycles. The van der Waals surface area contributed by atoms with E-state index >= 15 is 0 Å². The number of carboxylic acids is 1. The van der Waals surface area contributed by atoms with E-state index in [-0.39, 0.29) is 18.4 Å². The number of likely N-dealkylation sites (tertiary alicyclic amines) is 1. The maximum atomic E-state index is 12.8. The Hall–Kier alpha value is -2.53. The van der Waals surface area contributed by atoms with Gasteiger partial charge in [-0.3, -0.25) is 9.59 Å². The van der Waals surface area contributed by atoms with Gasteiger partial charge < -0.3 is 14.7 Å². The van der Waals surface area contributed by atoms with Gasteiger partial charge in [0, 0.05) is 19.0 Å². The molecular weight excluding hydrogens is 354 g/mol. The van der Waals surface area contributed by atoms with Crippen molar-refractivity contribution in [2.24, 2.45) is 5.92 Å². The molecule has 0 aliphatic carbocycles. The molecule has 1 unspecified atom stereocenters. The zero-order chi connectivity index (χ0) is 18.7. The maximum absolute atomic E-state index is 12.8. The maximum Gasteiger partial charge on any atom is 0.308 e. The second-order valence-corrected chi connectivity index (χ2v) is 6.80. The number of carboxylic acid groups (broad SMARTS) is 1. The van der Waals surface area contributed by atoms with Gasteiger partial charge in [0.2, 0.25) is 0 Å². The molecule has 0 spiro atoms. The SMILES string of the molecule is CC(Oc1ccccc1Cl)C(=O)N1C[C@H](C(=O)O)[C@H](c2ccccc2)C1. The summed E-state index contributed by atoms with van der Waals surface area (Å²) >= 11 is 6.07. The fraction of sp³-hybridized carbons (Fsp3) is 0.300. The number of para-hydroxylation sites is 1. The van der Waals surface area contributed by atoms with E-state index in [1.807, 2.05) is 30.3 Å². The molecule has 0 radical (unpaired) electrons. The molecule has 136 valence electrons. The van der Waals surface area contributed by atoms with Crippen molar-refractivity contribution in [3.8, 4) is 5.75 Å². The van der Waals surface area contributed by atoms with Crippen LogP contribution in [0.15, 0.2) is 54.6 Å². The second kappa shape index (κ2) is 7.79. The van der Waals surface area contributed by atoms with Gasteiger partial charge in [0.25, 0.3) is 5.91 Å². The predicted octanol–water partition coefficient (Wildman–Crippen LogP) is 3.43. The summed E-state index contributed by atoms with van der Waals surface area (Å²) in [7, 11) is 0. The molecule has 3 rings (SSSR count). The highest BCUT2D eigenvalue weighted by Crippen LogP contribution is 2.33. The van der Waals surface area contributed by atoms with Crippen molar-refractivity contribution in [1.29, 1.82) is 0 Å². The molecule has 6 heteroatoms. The molecule has 0 aromatic heterocycles. The third-order valence-electron chi connectivity index (χ3n) is 4.66. The Labute approximate surface area is 157 Å². The Morgan fingerprint density at radius 3 is 2.42 bits per heavy atom. The summed E-state index contributed by atoms with van der Waals surface area (Å²) in [6.45, 7) is 2.18. The van der Waals surface area contributed by atoms with Gasteiger partial charge in [-0.25, -0.2) is 0 Å². The molecule has 1 fully saturated rings. The number of ether oxygens (including phenoxy) is 1. The Kier molecular flexibility index (Phi) is 5.47. The van der Waals surface area contributed by atoms with Crippen LogP contribution in [0.3, 0.4) is 0 Å². The van der Waals surface area contributed by atoms with E-state index in [4.69, 9.17) is 16.3 Å². The smallest absolute Gasteiger partial charge is 0.308 e. The van der Waals surface area contributed by atoms with Crippen molar-refractivity contribution in [1.82, 2.24) is 4.90 Å². The third-order valence-corrected chi connectivity index (χ3v) is 4.98. The van der Waals surface area contributed by atoms with E-state index in [9.17, 15) is 14.7 Å². The van der Waals surface area contributed by atoms with Crippen molar-refractivity contribution in [2.75, 3.05) is 13.1 Å². The van der Waals surface area contributed by atoms with Crippen LogP contribution in [0, 0.1) is 5.92 Å². The Morgan fingerprint density at radius 1 is 1.12 bits per heavy atom. The lowest BCUT2D eigenvalue weighted by atomic mass is 9.89. The highest BCUT2D eigenvalue weighted by Gasteiger charge is 2.41. The van der Waals surface area contributed by atoms with Crippen molar-refractivity contribution < 1.29 is 19.4 Å². The van der Waals surface area contributed by atoms with Crippen LogP contribution in [0.4, 0.5) is 0 Å². The van der Waals surface area contributed by atoms with E-state index < -0.39 is 18.0 Å². The Balaban J connectivity index is 1.73. The van der Waals surface area contributed by atoms with Crippen LogP contribution in [0.2, 0.25) is 5.02 Å². The molecule has 2 aromatic carbocycles. The fourth-order valence-electron chi connectivity index (χ4n) is 3.31. The first-order chi connectivity index (χ1) is 12.5. The van der Waals surface area contributed by atoms with Gasteiger partial charge >= 0.3 is 5.97 Å². The van der Waals surface area contributed by atoms with Crippen LogP contribution in [0.1, 0.15) is 18.4 Å². The average molecular weight is 374 g/mol. The van der Waals surface area contributed by atoms with Crippen LogP contribution in [-0.2, 0) is 9.59 Å². The summed E-state index contributed by atoms with van der Waals surface area (Å²) < 4.78 is 5.69. The number of hydrogen-bond donors (Lipinski definition) is 1. The number of carbonyl (C=O) groups excluding carboxylic acids is 1. The first-order valence-corrected chi connectivity index (χ1v) is 8.83. The summed E-state index contributed by atoms with van der Waals surface area (Å²) in [5.41, 5.74) is 0.926. The second-order valence-electron chi connectivity index (χ2n) is 6.40. The van der Waals surface area contributed by atoms with E-state index in [0.29, 0.717) is 17.3 Å². The average Bonchev–Trinajstić information content (AvgIpc) is 3.09. The number of rotatable bonds is 5. The lowest BCUT2D eigenvalue weighted by Crippen LogP contribution is -2.39. The number of aliphatic carboxylic acids is 1. The molecular formula is C20H20ClNO4. The van der Waals surface area contributed by atoms with E-state index in [1.165, 1.54) is 0 Å². The van der Waals surface area contributed by atoms with Crippen LogP contribution >= 0.6 is 11.6 Å². The van der Waals surface area contributed by atoms with Crippen molar-refractivity contribution in [3.05, 3.63) is 65.2 Å². The quantitative estimate of drug-likeness (QED) is 0.871. The van der Waals surface area contributed by atoms with Crippen molar-refractivity contribution in [3.63, 3.8) is 0 Å². The molecule has 0 saturated carbocycles. The van der Waals surface area contributed by atoms with Crippen molar-refractivity contribution >= 4 is 23.5 Å². The Bertz CT molecular complexity index is 795. The zero-order valence-electron chi connectivity index (χ0n) is 14.3. The monoisotopic (exact) mass is 373 g/mol. The lowest BCUT2D eigenvalue weighted by Gasteiger charge is -2.22. The van der Waals surface area contributed by atoms with E-state index in [0.717, 1.165) is 5.56 Å². The minimum atomic E-state index is -0.895. The number of benzene rings is 2. The molecule has 1 N–H and O–H groups in total. The summed E-state index contributed by atoms with van der Waals surface area (Å²) in [6.07, 6.45) is -0.751. The number of carbonyl (C=O) groups is 2. The first kappa shape index (κ1) is 18.3. The number of nitrogens with zero attached hydrogens (tertiary/aromatic N) is 1. The van der Waals surface area contributed by atoms with Gasteiger partial charge in [-0.15, -0.1) is 0 Å². The summed E-state index contributed by atoms with van der Waals surface area (Å²) in [5.74, 6) is -1.56. The topological polar surface area (TPSA) is 66.8 Å². The normalized spacial score (nSPS) is 20.6. The first-order valence-electron chi connectivity index (χ1n) is 8.45. The van der Waals surface area contributed by atoms with Gasteiger partial charge in [0.1, 0.15) is 5.75 Å². The van der Waals surface area contributed by atoms with Gasteiger partial charge in [-0.1, -0.05) is 54.1 Å². The van der Waals surface area contributed by atoms with Crippen LogP contribution in [0.5, 0.6) is 5.75 Å². The van der Waals surface area contributed by atoms with Crippen molar-refractivity contribution in [2.45, 2.75) is 18.9 Å². The highest BCUT2D eigenvalue weighted by atomic mass is 35.5. The summed E-state index contributed by atoms with van der Waals surface area (Å²) in [4.78, 5) is 26.0. The molecule has 5 nitrogen and oxygen atoms in total. The molecule has 3 atom stereocenters. The zero-order valence-corrected chi connectivity index (χ0v) is 15.1. The van der Waals surface area contributed by atoms with Gasteiger partial charge in [0.05, 0.1) is 10.9 Å². The molecule has 1 heterocycles. The summed E-state index contributed by atoms with van der Waals surface area (Å²) in [6, 6.07) is 16.4. The van der Waals surface area contributed by atoms with E-state index in [2.05, 4.69) is 0 Å². The number of hydrogen-bond acceptors (Lipinski definition) is 3. The highest BCUT2D eigenvalue weighted by molar-refractivity contribution is 6.32.